The molecular weight excluding hydrogens is 363 g/mol. The minimum absolute atomic E-state index is 0.121. The van der Waals surface area contributed by atoms with Gasteiger partial charge in [-0.1, -0.05) is 54.1 Å². The first-order valence-electron chi connectivity index (χ1n) is 8.72. The van der Waals surface area contributed by atoms with Crippen LogP contribution in [0.25, 0.3) is 0 Å². The van der Waals surface area contributed by atoms with Crippen LogP contribution in [0.1, 0.15) is 35.3 Å². The zero-order chi connectivity index (χ0) is 18.8. The molecule has 0 amide bonds. The van der Waals surface area contributed by atoms with Crippen LogP contribution >= 0.6 is 11.6 Å². The highest BCUT2D eigenvalue weighted by molar-refractivity contribution is 6.30. The molecule has 0 saturated heterocycles. The molecule has 2 atom stereocenters. The maximum Gasteiger partial charge on any atom is 0.126 e. The van der Waals surface area contributed by atoms with Crippen LogP contribution in [0.2, 0.25) is 5.02 Å². The highest BCUT2D eigenvalue weighted by Crippen LogP contribution is 2.34. The van der Waals surface area contributed by atoms with Gasteiger partial charge in [0.05, 0.1) is 0 Å². The molecule has 3 aromatic carbocycles. The average molecular weight is 381 g/mol. The molecule has 1 aliphatic rings. The summed E-state index contributed by atoms with van der Waals surface area (Å²) in [4.78, 5) is 4.85. The number of phenolic OH excluding ortho intramolecular Hbond substituents is 1. The fourth-order valence-corrected chi connectivity index (χ4v) is 3.45. The topological polar surface area (TPSA) is 44.6 Å². The summed E-state index contributed by atoms with van der Waals surface area (Å²) in [6.07, 6.45) is 0.284. The molecule has 27 heavy (non-hydrogen) atoms. The van der Waals surface area contributed by atoms with Crippen molar-refractivity contribution >= 4 is 17.3 Å². The fraction of sp³-hybridized carbons (Fsp3) is 0.136. The molecule has 0 unspecified atom stereocenters. The van der Waals surface area contributed by atoms with Crippen LogP contribution in [0.4, 0.5) is 4.39 Å². The summed E-state index contributed by atoms with van der Waals surface area (Å²) in [6.45, 7) is 0. The number of nitrogens with zero attached hydrogens (tertiary/aromatic N) is 1. The van der Waals surface area contributed by atoms with Crippen LogP contribution in [0, 0.1) is 5.82 Å². The molecule has 1 heterocycles. The quantitative estimate of drug-likeness (QED) is 0.638. The molecular formula is C22H18ClFN2O. The Labute approximate surface area is 162 Å². The van der Waals surface area contributed by atoms with Crippen LogP contribution < -0.4 is 5.32 Å². The summed E-state index contributed by atoms with van der Waals surface area (Å²) < 4.78 is 13.3. The van der Waals surface area contributed by atoms with Gasteiger partial charge in [-0.15, -0.1) is 0 Å². The van der Waals surface area contributed by atoms with E-state index in [1.165, 1.54) is 12.1 Å². The van der Waals surface area contributed by atoms with E-state index >= 15 is 0 Å². The third kappa shape index (κ3) is 3.87. The highest BCUT2D eigenvalue weighted by Gasteiger charge is 2.27. The van der Waals surface area contributed by atoms with E-state index in [1.807, 2.05) is 36.4 Å². The van der Waals surface area contributed by atoms with E-state index in [2.05, 4.69) is 5.32 Å². The van der Waals surface area contributed by atoms with Crippen molar-refractivity contribution in [2.24, 2.45) is 4.99 Å². The summed E-state index contributed by atoms with van der Waals surface area (Å²) in [5.41, 5.74) is 3.57. The molecule has 0 aliphatic carbocycles. The standard InChI is InChI=1S/C22H18ClFN2O/c23-16-9-5-14(6-10-16)19-13-20(18-3-1-2-4-21(18)27)26-22(25-19)15-7-11-17(24)12-8-15/h1-12,20,22,26-27H,13H2/t20-,22-/m1/s1. The van der Waals surface area contributed by atoms with Crippen molar-refractivity contribution in [1.82, 2.24) is 5.32 Å². The molecule has 0 spiro atoms. The Morgan fingerprint density at radius 3 is 2.37 bits per heavy atom. The Bertz CT molecular complexity index is 970. The van der Waals surface area contributed by atoms with Gasteiger partial charge in [0, 0.05) is 28.8 Å². The number of hydrogen-bond donors (Lipinski definition) is 2. The number of hydrogen-bond acceptors (Lipinski definition) is 3. The third-order valence-electron chi connectivity index (χ3n) is 4.72. The zero-order valence-electron chi connectivity index (χ0n) is 14.4. The Morgan fingerprint density at radius 2 is 1.67 bits per heavy atom. The Kier molecular flexibility index (Phi) is 4.92. The lowest BCUT2D eigenvalue weighted by Gasteiger charge is -2.31. The number of aliphatic imine (C=N–C) groups is 1. The van der Waals surface area contributed by atoms with Crippen molar-refractivity contribution in [2.75, 3.05) is 0 Å². The van der Waals surface area contributed by atoms with E-state index in [4.69, 9.17) is 16.6 Å². The van der Waals surface area contributed by atoms with Crippen LogP contribution in [0.5, 0.6) is 5.75 Å². The number of halogens is 2. The lowest BCUT2D eigenvalue weighted by Crippen LogP contribution is -2.33. The summed E-state index contributed by atoms with van der Waals surface area (Å²) in [5, 5.41) is 14.4. The number of nitrogens with one attached hydrogen (secondary N) is 1. The van der Waals surface area contributed by atoms with E-state index in [9.17, 15) is 9.50 Å². The maximum atomic E-state index is 13.3. The molecule has 136 valence electrons. The van der Waals surface area contributed by atoms with E-state index in [1.54, 1.807) is 24.3 Å². The van der Waals surface area contributed by atoms with E-state index in [0.717, 1.165) is 22.4 Å². The first-order chi connectivity index (χ1) is 13.1. The fourth-order valence-electron chi connectivity index (χ4n) is 3.32. The van der Waals surface area contributed by atoms with Crippen molar-refractivity contribution < 1.29 is 9.50 Å². The van der Waals surface area contributed by atoms with Crippen molar-refractivity contribution in [1.29, 1.82) is 0 Å². The summed E-state index contributed by atoms with van der Waals surface area (Å²) in [5.74, 6) is -0.0427. The Morgan fingerprint density at radius 1 is 0.963 bits per heavy atom. The minimum atomic E-state index is -0.338. The maximum absolute atomic E-state index is 13.3. The summed E-state index contributed by atoms with van der Waals surface area (Å²) >= 11 is 6.01. The first kappa shape index (κ1) is 17.7. The van der Waals surface area contributed by atoms with Gasteiger partial charge in [0.15, 0.2) is 0 Å². The Hall–Kier alpha value is -2.69. The van der Waals surface area contributed by atoms with Crippen molar-refractivity contribution in [3.63, 3.8) is 0 Å². The van der Waals surface area contributed by atoms with Gasteiger partial charge < -0.3 is 5.11 Å². The van der Waals surface area contributed by atoms with Crippen molar-refractivity contribution in [3.05, 3.63) is 100 Å². The number of para-hydroxylation sites is 1. The van der Waals surface area contributed by atoms with Crippen molar-refractivity contribution in [2.45, 2.75) is 18.6 Å². The van der Waals surface area contributed by atoms with E-state index < -0.39 is 0 Å². The molecule has 0 fully saturated rings. The van der Waals surface area contributed by atoms with Crippen molar-refractivity contribution in [3.8, 4) is 5.75 Å². The molecule has 2 N–H and O–H groups in total. The van der Waals surface area contributed by atoms with Gasteiger partial charge in [-0.25, -0.2) is 4.39 Å². The molecule has 3 aromatic rings. The molecule has 1 aliphatic heterocycles. The largest absolute Gasteiger partial charge is 0.508 e. The molecule has 0 radical (unpaired) electrons. The summed E-state index contributed by atoms with van der Waals surface area (Å²) in [7, 11) is 0. The minimum Gasteiger partial charge on any atom is -0.508 e. The lowest BCUT2D eigenvalue weighted by atomic mass is 9.93. The van der Waals surface area contributed by atoms with Gasteiger partial charge in [0.1, 0.15) is 17.7 Å². The van der Waals surface area contributed by atoms with Gasteiger partial charge in [-0.3, -0.25) is 10.3 Å². The predicted octanol–water partition coefficient (Wildman–Crippen LogP) is 5.41. The predicted molar refractivity (Wildman–Crippen MR) is 106 cm³/mol. The lowest BCUT2D eigenvalue weighted by molar-refractivity contribution is 0.412. The van der Waals surface area contributed by atoms with Gasteiger partial charge in [-0.2, -0.15) is 0 Å². The van der Waals surface area contributed by atoms with Crippen LogP contribution in [0.3, 0.4) is 0 Å². The number of benzene rings is 3. The first-order valence-corrected chi connectivity index (χ1v) is 9.10. The molecule has 3 nitrogen and oxygen atoms in total. The van der Waals surface area contributed by atoms with Crippen LogP contribution in [0.15, 0.2) is 77.8 Å². The van der Waals surface area contributed by atoms with Gasteiger partial charge in [0.25, 0.3) is 0 Å². The molecule has 4 rings (SSSR count). The average Bonchev–Trinajstić information content (AvgIpc) is 2.69. The zero-order valence-corrected chi connectivity index (χ0v) is 15.2. The SMILES string of the molecule is Oc1ccccc1[C@H]1CC(c2ccc(Cl)cc2)=N[C@@H](c2ccc(F)cc2)N1. The van der Waals surface area contributed by atoms with Gasteiger partial charge in [0.2, 0.25) is 0 Å². The van der Waals surface area contributed by atoms with Gasteiger partial charge in [-0.05, 0) is 41.5 Å². The molecule has 0 aromatic heterocycles. The molecule has 0 bridgehead atoms. The van der Waals surface area contributed by atoms with Gasteiger partial charge >= 0.3 is 0 Å². The highest BCUT2D eigenvalue weighted by atomic mass is 35.5. The van der Waals surface area contributed by atoms with Crippen LogP contribution in [-0.2, 0) is 0 Å². The second kappa shape index (κ2) is 7.51. The van der Waals surface area contributed by atoms with Crippen LogP contribution in [-0.4, -0.2) is 10.8 Å². The molecule has 0 saturated carbocycles. The Balaban J connectivity index is 1.75. The van der Waals surface area contributed by atoms with E-state index in [0.29, 0.717) is 11.4 Å². The smallest absolute Gasteiger partial charge is 0.126 e. The van der Waals surface area contributed by atoms with E-state index in [-0.39, 0.29) is 23.8 Å². The normalized spacial score (nSPS) is 19.6. The monoisotopic (exact) mass is 380 g/mol. The second-order valence-electron chi connectivity index (χ2n) is 6.52. The number of aromatic hydroxyl groups is 1. The molecule has 5 heteroatoms. The number of phenols is 1. The summed E-state index contributed by atoms with van der Waals surface area (Å²) in [6, 6.07) is 21.0. The third-order valence-corrected chi connectivity index (χ3v) is 4.97. The number of rotatable bonds is 3. The second-order valence-corrected chi connectivity index (χ2v) is 6.96.